The van der Waals surface area contributed by atoms with Crippen molar-refractivity contribution >= 4 is 9.84 Å². The lowest BCUT2D eigenvalue weighted by atomic mass is 9.75. The van der Waals surface area contributed by atoms with Gasteiger partial charge >= 0.3 is 0 Å². The van der Waals surface area contributed by atoms with E-state index in [4.69, 9.17) is 0 Å². The lowest BCUT2D eigenvalue weighted by Crippen LogP contribution is -2.48. The van der Waals surface area contributed by atoms with Gasteiger partial charge in [-0.25, -0.2) is 8.42 Å². The second-order valence-electron chi connectivity index (χ2n) is 6.44. The molecule has 0 radical (unpaired) electrons. The Bertz CT molecular complexity index is 646. The summed E-state index contributed by atoms with van der Waals surface area (Å²) in [6.07, 6.45) is 6.35. The zero-order valence-electron chi connectivity index (χ0n) is 12.6. The van der Waals surface area contributed by atoms with Gasteiger partial charge < -0.3 is 0 Å². The van der Waals surface area contributed by atoms with Gasteiger partial charge in [0.2, 0.25) is 0 Å². The SMILES string of the molecule is CC1=CCC(C(C)(C)C)(S(=O)(=O)c2ccccc2)C=C1. The van der Waals surface area contributed by atoms with Crippen LogP contribution in [0.3, 0.4) is 0 Å². The minimum atomic E-state index is -3.44. The zero-order chi connectivity index (χ0) is 15.0. The van der Waals surface area contributed by atoms with Crippen LogP contribution in [0.2, 0.25) is 0 Å². The third-order valence-corrected chi connectivity index (χ3v) is 6.91. The predicted octanol–water partition coefficient (Wildman–Crippen LogP) is 4.15. The van der Waals surface area contributed by atoms with Gasteiger partial charge in [0.1, 0.15) is 4.75 Å². The average molecular weight is 290 g/mol. The van der Waals surface area contributed by atoms with Gasteiger partial charge in [-0.2, -0.15) is 0 Å². The predicted molar refractivity (Wildman–Crippen MR) is 83.3 cm³/mol. The Morgan fingerprint density at radius 2 is 1.70 bits per heavy atom. The van der Waals surface area contributed by atoms with Crippen molar-refractivity contribution < 1.29 is 8.42 Å². The zero-order valence-corrected chi connectivity index (χ0v) is 13.4. The first kappa shape index (κ1) is 15.0. The fourth-order valence-corrected chi connectivity index (χ4v) is 4.98. The van der Waals surface area contributed by atoms with Crippen molar-refractivity contribution in [2.75, 3.05) is 0 Å². The molecule has 0 bridgehead atoms. The van der Waals surface area contributed by atoms with Crippen molar-refractivity contribution in [3.8, 4) is 0 Å². The van der Waals surface area contributed by atoms with Crippen LogP contribution in [-0.2, 0) is 9.84 Å². The Morgan fingerprint density at radius 3 is 2.15 bits per heavy atom. The molecule has 0 saturated carbocycles. The maximum Gasteiger partial charge on any atom is 0.188 e. The van der Waals surface area contributed by atoms with E-state index in [1.54, 1.807) is 24.3 Å². The molecule has 1 aliphatic carbocycles. The first-order valence-electron chi connectivity index (χ1n) is 6.86. The summed E-state index contributed by atoms with van der Waals surface area (Å²) in [4.78, 5) is 0.396. The molecule has 0 amide bonds. The van der Waals surface area contributed by atoms with E-state index in [0.717, 1.165) is 5.57 Å². The third kappa shape index (κ3) is 2.24. The Kier molecular flexibility index (Phi) is 3.67. The van der Waals surface area contributed by atoms with Crippen LogP contribution >= 0.6 is 0 Å². The van der Waals surface area contributed by atoms with Crippen molar-refractivity contribution in [2.24, 2.45) is 5.41 Å². The second-order valence-corrected chi connectivity index (χ2v) is 8.65. The highest BCUT2D eigenvalue weighted by atomic mass is 32.2. The van der Waals surface area contributed by atoms with Gasteiger partial charge in [0, 0.05) is 0 Å². The number of sulfone groups is 1. The number of allylic oxidation sites excluding steroid dienone is 3. The van der Waals surface area contributed by atoms with E-state index in [-0.39, 0.29) is 5.41 Å². The first-order chi connectivity index (χ1) is 9.21. The minimum Gasteiger partial charge on any atom is -0.223 e. The fourth-order valence-electron chi connectivity index (χ4n) is 2.68. The molecule has 1 unspecified atom stereocenters. The molecule has 3 heteroatoms. The Hall–Kier alpha value is -1.35. The molecule has 0 heterocycles. The van der Waals surface area contributed by atoms with Crippen molar-refractivity contribution in [2.45, 2.75) is 43.8 Å². The lowest BCUT2D eigenvalue weighted by Gasteiger charge is -2.42. The summed E-state index contributed by atoms with van der Waals surface area (Å²) >= 11 is 0. The summed E-state index contributed by atoms with van der Waals surface area (Å²) < 4.78 is 25.5. The summed E-state index contributed by atoms with van der Waals surface area (Å²) in [7, 11) is -3.44. The standard InChI is InChI=1S/C17H22O2S/c1-14-10-12-17(13-11-14,16(2,3)4)20(18,19)15-8-6-5-7-9-15/h5-12H,13H2,1-4H3. The molecule has 0 aliphatic heterocycles. The second kappa shape index (κ2) is 4.88. The number of benzene rings is 1. The van der Waals surface area contributed by atoms with Crippen LogP contribution in [0.15, 0.2) is 59.0 Å². The van der Waals surface area contributed by atoms with E-state index in [9.17, 15) is 8.42 Å². The van der Waals surface area contributed by atoms with E-state index in [0.29, 0.717) is 11.3 Å². The molecule has 0 saturated heterocycles. The molecule has 108 valence electrons. The normalized spacial score (nSPS) is 23.5. The van der Waals surface area contributed by atoms with E-state index < -0.39 is 14.6 Å². The molecule has 0 spiro atoms. The fraction of sp³-hybridized carbons (Fsp3) is 0.412. The van der Waals surface area contributed by atoms with Crippen molar-refractivity contribution in [1.29, 1.82) is 0 Å². The van der Waals surface area contributed by atoms with Crippen molar-refractivity contribution in [3.05, 3.63) is 54.1 Å². The highest BCUT2D eigenvalue weighted by Gasteiger charge is 2.51. The van der Waals surface area contributed by atoms with Gasteiger partial charge in [0.25, 0.3) is 0 Å². The maximum absolute atomic E-state index is 13.2. The van der Waals surface area contributed by atoms with Crippen molar-refractivity contribution in [3.63, 3.8) is 0 Å². The van der Waals surface area contributed by atoms with Crippen LogP contribution in [0.4, 0.5) is 0 Å². The quantitative estimate of drug-likeness (QED) is 0.820. The highest BCUT2D eigenvalue weighted by molar-refractivity contribution is 7.93. The van der Waals surface area contributed by atoms with E-state index >= 15 is 0 Å². The van der Waals surface area contributed by atoms with Crippen molar-refractivity contribution in [1.82, 2.24) is 0 Å². The van der Waals surface area contributed by atoms with Gasteiger partial charge in [-0.3, -0.25) is 0 Å². The number of hydrogen-bond acceptors (Lipinski definition) is 2. The van der Waals surface area contributed by atoms with Crippen LogP contribution in [0, 0.1) is 5.41 Å². The van der Waals surface area contributed by atoms with Crippen LogP contribution in [0.1, 0.15) is 34.1 Å². The molecule has 0 N–H and O–H groups in total. The first-order valence-corrected chi connectivity index (χ1v) is 8.35. The molecule has 2 rings (SSSR count). The summed E-state index contributed by atoms with van der Waals surface area (Å²) in [5, 5.41) is 0. The molecule has 0 aromatic heterocycles. The average Bonchev–Trinajstić information content (AvgIpc) is 2.39. The molecule has 0 fully saturated rings. The maximum atomic E-state index is 13.2. The smallest absolute Gasteiger partial charge is 0.188 e. The van der Waals surface area contributed by atoms with Crippen LogP contribution < -0.4 is 0 Å². The highest BCUT2D eigenvalue weighted by Crippen LogP contribution is 2.46. The largest absolute Gasteiger partial charge is 0.223 e. The molecule has 1 atom stereocenters. The third-order valence-electron chi connectivity index (χ3n) is 4.15. The van der Waals surface area contributed by atoms with E-state index in [1.165, 1.54) is 0 Å². The van der Waals surface area contributed by atoms with Gasteiger partial charge in [0.15, 0.2) is 9.84 Å². The summed E-state index contributed by atoms with van der Waals surface area (Å²) in [6, 6.07) is 8.75. The molecule has 2 nitrogen and oxygen atoms in total. The number of hydrogen-bond donors (Lipinski definition) is 0. The van der Waals surface area contributed by atoms with Gasteiger partial charge in [-0.1, -0.05) is 62.8 Å². The molecule has 1 aromatic rings. The number of rotatable bonds is 2. The Labute approximate surface area is 122 Å². The molecular formula is C17H22O2S. The Balaban J connectivity index is 2.64. The van der Waals surface area contributed by atoms with Gasteiger partial charge in [0.05, 0.1) is 4.90 Å². The van der Waals surface area contributed by atoms with E-state index in [1.807, 2.05) is 52.0 Å². The molecule has 20 heavy (non-hydrogen) atoms. The van der Waals surface area contributed by atoms with Crippen LogP contribution in [0.25, 0.3) is 0 Å². The van der Waals surface area contributed by atoms with Gasteiger partial charge in [-0.15, -0.1) is 0 Å². The van der Waals surface area contributed by atoms with Crippen LogP contribution in [-0.4, -0.2) is 13.2 Å². The molecular weight excluding hydrogens is 268 g/mol. The van der Waals surface area contributed by atoms with Gasteiger partial charge in [-0.05, 0) is 30.9 Å². The summed E-state index contributed by atoms with van der Waals surface area (Å²) in [6.45, 7) is 7.98. The molecule has 1 aromatic carbocycles. The minimum absolute atomic E-state index is 0.380. The monoisotopic (exact) mass is 290 g/mol. The van der Waals surface area contributed by atoms with Crippen LogP contribution in [0.5, 0.6) is 0 Å². The topological polar surface area (TPSA) is 34.1 Å². The summed E-state index contributed by atoms with van der Waals surface area (Å²) in [5.41, 5.74) is 0.739. The lowest BCUT2D eigenvalue weighted by molar-refractivity contribution is 0.310. The summed E-state index contributed by atoms with van der Waals surface area (Å²) in [5.74, 6) is 0. The Morgan fingerprint density at radius 1 is 1.10 bits per heavy atom. The molecule has 1 aliphatic rings. The van der Waals surface area contributed by atoms with E-state index in [2.05, 4.69) is 0 Å².